The fourth-order valence-corrected chi connectivity index (χ4v) is 5.27. The van der Waals surface area contributed by atoms with E-state index in [-0.39, 0.29) is 11.9 Å². The molecule has 0 saturated carbocycles. The molecule has 2 aromatic rings. The maximum atomic E-state index is 12.8. The van der Waals surface area contributed by atoms with E-state index in [0.29, 0.717) is 24.3 Å². The largest absolute Gasteiger partial charge is 0.426 e. The fourth-order valence-electron chi connectivity index (χ4n) is 5.27. The third kappa shape index (κ3) is 8.35. The maximum Gasteiger partial charge on any atom is 0.311 e. The topological polar surface area (TPSA) is 52.6 Å². The molecule has 0 N–H and O–H groups in total. The van der Waals surface area contributed by atoms with Gasteiger partial charge < -0.3 is 9.47 Å². The van der Waals surface area contributed by atoms with Crippen LogP contribution in [0.25, 0.3) is 10.8 Å². The highest BCUT2D eigenvalue weighted by atomic mass is 16.5. The molecule has 0 aromatic heterocycles. The van der Waals surface area contributed by atoms with Crippen LogP contribution in [0.1, 0.15) is 128 Å². The molecule has 2 aromatic carbocycles. The van der Waals surface area contributed by atoms with Gasteiger partial charge in [0.1, 0.15) is 11.5 Å². The second kappa shape index (κ2) is 15.7. The summed E-state index contributed by atoms with van der Waals surface area (Å²) in [5, 5.41) is 1.74. The van der Waals surface area contributed by atoms with Crippen molar-refractivity contribution in [2.24, 2.45) is 0 Å². The van der Waals surface area contributed by atoms with E-state index in [9.17, 15) is 9.59 Å². The Labute approximate surface area is 218 Å². The zero-order valence-electron chi connectivity index (χ0n) is 22.7. The molecule has 0 atom stereocenters. The summed E-state index contributed by atoms with van der Waals surface area (Å²) in [5.41, 5.74) is 2.11. The first-order chi connectivity index (χ1) is 17.7. The van der Waals surface area contributed by atoms with Gasteiger partial charge in [-0.25, -0.2) is 0 Å². The highest BCUT2D eigenvalue weighted by Crippen LogP contribution is 2.44. The van der Waals surface area contributed by atoms with Crippen LogP contribution in [0.3, 0.4) is 0 Å². The Kier molecular flexibility index (Phi) is 12.3. The van der Waals surface area contributed by atoms with E-state index in [1.165, 1.54) is 51.4 Å². The summed E-state index contributed by atoms with van der Waals surface area (Å²) >= 11 is 0. The maximum absolute atomic E-state index is 12.8. The number of ether oxygens (including phenoxy) is 2. The average Bonchev–Trinajstić information content (AvgIpc) is 2.90. The molecule has 1 aliphatic carbocycles. The second-order valence-corrected chi connectivity index (χ2v) is 10.4. The van der Waals surface area contributed by atoms with Crippen LogP contribution in [0, 0.1) is 0 Å². The average molecular weight is 495 g/mol. The minimum Gasteiger partial charge on any atom is -0.426 e. The first kappa shape index (κ1) is 28.2. The molecule has 36 heavy (non-hydrogen) atoms. The number of hydrogen-bond donors (Lipinski definition) is 0. The van der Waals surface area contributed by atoms with Crippen molar-refractivity contribution in [3.05, 3.63) is 35.4 Å². The fraction of sp³-hybridized carbons (Fsp3) is 0.625. The van der Waals surface area contributed by atoms with E-state index in [1.807, 2.05) is 24.3 Å². The van der Waals surface area contributed by atoms with Crippen molar-refractivity contribution in [3.63, 3.8) is 0 Å². The standard InChI is InChI=1S/C32H46O4/c1-3-5-7-9-11-13-23-29(33)35-31-25-19-15-17-21-27(25)32(28-22-18-16-20-26(28)31)36-30(34)24-14-12-10-8-6-4-2/h15,17,19,21H,3-14,16,18,20,22-24H2,1-2H3. The summed E-state index contributed by atoms with van der Waals surface area (Å²) in [6.07, 6.45) is 18.4. The highest BCUT2D eigenvalue weighted by molar-refractivity contribution is 5.98. The van der Waals surface area contributed by atoms with Gasteiger partial charge in [0.15, 0.2) is 0 Å². The molecule has 198 valence electrons. The minimum atomic E-state index is -0.156. The molecule has 0 unspecified atom stereocenters. The predicted octanol–water partition coefficient (Wildman–Crippen LogP) is 9.03. The van der Waals surface area contributed by atoms with Crippen LogP contribution in [0.4, 0.5) is 0 Å². The van der Waals surface area contributed by atoms with Crippen molar-refractivity contribution in [1.29, 1.82) is 0 Å². The molecular formula is C32H46O4. The zero-order valence-corrected chi connectivity index (χ0v) is 22.7. The summed E-state index contributed by atoms with van der Waals surface area (Å²) in [5.74, 6) is 1.06. The lowest BCUT2D eigenvalue weighted by Gasteiger charge is -2.24. The van der Waals surface area contributed by atoms with Crippen LogP contribution in [-0.4, -0.2) is 11.9 Å². The monoisotopic (exact) mass is 494 g/mol. The van der Waals surface area contributed by atoms with Crippen molar-refractivity contribution in [2.75, 3.05) is 0 Å². The van der Waals surface area contributed by atoms with Crippen molar-refractivity contribution in [3.8, 4) is 11.5 Å². The Morgan fingerprint density at radius 1 is 0.611 bits per heavy atom. The van der Waals surface area contributed by atoms with Crippen LogP contribution in [0.5, 0.6) is 11.5 Å². The molecule has 0 saturated heterocycles. The molecule has 0 bridgehead atoms. The first-order valence-electron chi connectivity index (χ1n) is 14.6. The van der Waals surface area contributed by atoms with E-state index in [4.69, 9.17) is 9.47 Å². The van der Waals surface area contributed by atoms with Crippen LogP contribution in [-0.2, 0) is 22.4 Å². The van der Waals surface area contributed by atoms with Crippen molar-refractivity contribution in [2.45, 2.75) is 129 Å². The van der Waals surface area contributed by atoms with Crippen LogP contribution in [0.2, 0.25) is 0 Å². The van der Waals surface area contributed by atoms with Crippen LogP contribution in [0.15, 0.2) is 24.3 Å². The smallest absolute Gasteiger partial charge is 0.311 e. The van der Waals surface area contributed by atoms with Gasteiger partial charge in [0.05, 0.1) is 0 Å². The van der Waals surface area contributed by atoms with Gasteiger partial charge in [-0.15, -0.1) is 0 Å². The Balaban J connectivity index is 1.72. The molecule has 4 nitrogen and oxygen atoms in total. The Morgan fingerprint density at radius 2 is 1.00 bits per heavy atom. The van der Waals surface area contributed by atoms with Gasteiger partial charge in [0.2, 0.25) is 0 Å². The normalized spacial score (nSPS) is 12.9. The van der Waals surface area contributed by atoms with Crippen molar-refractivity contribution >= 4 is 22.7 Å². The molecule has 4 heteroatoms. The van der Waals surface area contributed by atoms with Crippen LogP contribution < -0.4 is 9.47 Å². The highest BCUT2D eigenvalue weighted by Gasteiger charge is 2.26. The molecule has 0 aliphatic heterocycles. The molecule has 0 spiro atoms. The van der Waals surface area contributed by atoms with E-state index in [0.717, 1.165) is 73.3 Å². The van der Waals surface area contributed by atoms with Gasteiger partial charge in [-0.3, -0.25) is 9.59 Å². The first-order valence-corrected chi connectivity index (χ1v) is 14.6. The summed E-state index contributed by atoms with van der Waals surface area (Å²) in [4.78, 5) is 25.6. The van der Waals surface area contributed by atoms with Gasteiger partial charge in [-0.2, -0.15) is 0 Å². The van der Waals surface area contributed by atoms with Gasteiger partial charge in [0.25, 0.3) is 0 Å². The van der Waals surface area contributed by atoms with Crippen molar-refractivity contribution < 1.29 is 19.1 Å². The molecule has 1 aliphatic rings. The number of benzene rings is 2. The van der Waals surface area contributed by atoms with E-state index >= 15 is 0 Å². The number of rotatable bonds is 16. The molecule has 3 rings (SSSR count). The molecule has 0 radical (unpaired) electrons. The molecular weight excluding hydrogens is 448 g/mol. The number of hydrogen-bond acceptors (Lipinski definition) is 4. The minimum absolute atomic E-state index is 0.156. The third-order valence-corrected chi connectivity index (χ3v) is 7.33. The zero-order chi connectivity index (χ0) is 25.6. The summed E-state index contributed by atoms with van der Waals surface area (Å²) < 4.78 is 12.1. The Morgan fingerprint density at radius 3 is 1.42 bits per heavy atom. The van der Waals surface area contributed by atoms with Gasteiger partial charge in [-0.1, -0.05) is 102 Å². The van der Waals surface area contributed by atoms with E-state index < -0.39 is 0 Å². The third-order valence-electron chi connectivity index (χ3n) is 7.33. The lowest BCUT2D eigenvalue weighted by Crippen LogP contribution is -2.16. The summed E-state index contributed by atoms with van der Waals surface area (Å²) in [6.45, 7) is 4.42. The SMILES string of the molecule is CCCCCCCCC(=O)Oc1c2c(c(OC(=O)CCCCCCCC)c3ccccc13)CCCC2. The Bertz CT molecular complexity index is 899. The number of carbonyl (C=O) groups excluding carboxylic acids is 2. The molecule has 0 heterocycles. The quantitative estimate of drug-likeness (QED) is 0.133. The number of fused-ring (bicyclic) bond motifs is 2. The lowest BCUT2D eigenvalue weighted by molar-refractivity contribution is -0.135. The van der Waals surface area contributed by atoms with E-state index in [1.54, 1.807) is 0 Å². The summed E-state index contributed by atoms with van der Waals surface area (Å²) in [6, 6.07) is 7.90. The second-order valence-electron chi connectivity index (χ2n) is 10.4. The Hall–Kier alpha value is -2.36. The van der Waals surface area contributed by atoms with Gasteiger partial charge >= 0.3 is 11.9 Å². The number of unbranched alkanes of at least 4 members (excludes halogenated alkanes) is 10. The molecule has 0 amide bonds. The molecule has 0 fully saturated rings. The van der Waals surface area contributed by atoms with Gasteiger partial charge in [0, 0.05) is 34.7 Å². The predicted molar refractivity (Wildman–Crippen MR) is 148 cm³/mol. The number of carbonyl (C=O) groups is 2. The summed E-state index contributed by atoms with van der Waals surface area (Å²) in [7, 11) is 0. The number of esters is 2. The van der Waals surface area contributed by atoms with E-state index in [2.05, 4.69) is 13.8 Å². The lowest BCUT2D eigenvalue weighted by atomic mass is 9.87. The van der Waals surface area contributed by atoms with Gasteiger partial charge in [-0.05, 0) is 38.5 Å². The van der Waals surface area contributed by atoms with Crippen molar-refractivity contribution in [1.82, 2.24) is 0 Å². The van der Waals surface area contributed by atoms with Crippen LogP contribution >= 0.6 is 0 Å².